The summed E-state index contributed by atoms with van der Waals surface area (Å²) in [7, 11) is 0. The van der Waals surface area contributed by atoms with Gasteiger partial charge in [0.1, 0.15) is 0 Å². The molecule has 2 atom stereocenters. The Morgan fingerprint density at radius 3 is 2.41 bits per heavy atom. The van der Waals surface area contributed by atoms with Crippen molar-refractivity contribution in [1.82, 2.24) is 0 Å². The highest BCUT2D eigenvalue weighted by molar-refractivity contribution is 5.12. The van der Waals surface area contributed by atoms with Gasteiger partial charge >= 0.3 is 0 Å². The second-order valence-electron chi connectivity index (χ2n) is 7.39. The third kappa shape index (κ3) is 9.28. The van der Waals surface area contributed by atoms with Gasteiger partial charge in [-0.2, -0.15) is 0 Å². The fourth-order valence-corrected chi connectivity index (χ4v) is 2.97. The first-order chi connectivity index (χ1) is 10.4. The molecule has 0 spiro atoms. The summed E-state index contributed by atoms with van der Waals surface area (Å²) < 4.78 is 0. The SMILES string of the molecule is C=CCCCCC(C)(/C=C(\C)C(C)CC)C/C=C(\C)CCC. The summed E-state index contributed by atoms with van der Waals surface area (Å²) in [5.41, 5.74) is 3.42. The van der Waals surface area contributed by atoms with Gasteiger partial charge in [0.2, 0.25) is 0 Å². The second-order valence-corrected chi connectivity index (χ2v) is 7.39. The van der Waals surface area contributed by atoms with Gasteiger partial charge in [0.15, 0.2) is 0 Å². The molecule has 0 saturated carbocycles. The van der Waals surface area contributed by atoms with Crippen molar-refractivity contribution in [2.24, 2.45) is 11.3 Å². The maximum absolute atomic E-state index is 3.84. The van der Waals surface area contributed by atoms with Gasteiger partial charge in [-0.1, -0.05) is 69.9 Å². The Kier molecular flexibility index (Phi) is 11.3. The van der Waals surface area contributed by atoms with Gasteiger partial charge in [0, 0.05) is 0 Å². The largest absolute Gasteiger partial charge is 0.103 e. The minimum atomic E-state index is 0.309. The summed E-state index contributed by atoms with van der Waals surface area (Å²) in [6.07, 6.45) is 17.0. The first kappa shape index (κ1) is 21.2. The first-order valence-corrected chi connectivity index (χ1v) is 9.34. The molecule has 0 fully saturated rings. The monoisotopic (exact) mass is 304 g/mol. The van der Waals surface area contributed by atoms with E-state index < -0.39 is 0 Å². The van der Waals surface area contributed by atoms with Crippen LogP contribution in [0.2, 0.25) is 0 Å². The van der Waals surface area contributed by atoms with Crippen LogP contribution in [0.3, 0.4) is 0 Å². The third-order valence-electron chi connectivity index (χ3n) is 4.93. The maximum atomic E-state index is 3.84. The Bertz CT molecular complexity index is 358. The molecule has 0 rings (SSSR count). The van der Waals surface area contributed by atoms with Crippen LogP contribution in [0.15, 0.2) is 36.0 Å². The summed E-state index contributed by atoms with van der Waals surface area (Å²) in [6, 6.07) is 0. The van der Waals surface area contributed by atoms with Gasteiger partial charge in [-0.25, -0.2) is 0 Å². The number of rotatable bonds is 12. The Morgan fingerprint density at radius 1 is 1.18 bits per heavy atom. The average Bonchev–Trinajstić information content (AvgIpc) is 2.49. The lowest BCUT2D eigenvalue weighted by Crippen LogP contribution is -2.14. The predicted molar refractivity (Wildman–Crippen MR) is 103 cm³/mol. The van der Waals surface area contributed by atoms with E-state index in [2.05, 4.69) is 60.3 Å². The van der Waals surface area contributed by atoms with Gasteiger partial charge in [-0.3, -0.25) is 0 Å². The fraction of sp³-hybridized carbons (Fsp3) is 0.727. The fourth-order valence-electron chi connectivity index (χ4n) is 2.97. The number of unbranched alkanes of at least 4 members (excludes halogenated alkanes) is 2. The van der Waals surface area contributed by atoms with Crippen molar-refractivity contribution in [2.75, 3.05) is 0 Å². The van der Waals surface area contributed by atoms with Gasteiger partial charge in [0.25, 0.3) is 0 Å². The topological polar surface area (TPSA) is 0 Å². The van der Waals surface area contributed by atoms with E-state index in [1.807, 2.05) is 6.08 Å². The summed E-state index contributed by atoms with van der Waals surface area (Å²) in [5, 5.41) is 0. The molecule has 0 aliphatic rings. The van der Waals surface area contributed by atoms with Gasteiger partial charge in [-0.15, -0.1) is 6.58 Å². The highest BCUT2D eigenvalue weighted by Crippen LogP contribution is 2.34. The van der Waals surface area contributed by atoms with Crippen molar-refractivity contribution in [3.63, 3.8) is 0 Å². The van der Waals surface area contributed by atoms with E-state index >= 15 is 0 Å². The molecule has 22 heavy (non-hydrogen) atoms. The van der Waals surface area contributed by atoms with E-state index in [1.54, 1.807) is 11.1 Å². The average molecular weight is 305 g/mol. The van der Waals surface area contributed by atoms with Crippen LogP contribution in [0.25, 0.3) is 0 Å². The molecule has 0 bridgehead atoms. The Morgan fingerprint density at radius 2 is 1.86 bits per heavy atom. The second kappa shape index (κ2) is 11.7. The minimum absolute atomic E-state index is 0.309. The maximum Gasteiger partial charge on any atom is -0.0109 e. The van der Waals surface area contributed by atoms with Crippen LogP contribution in [-0.2, 0) is 0 Å². The molecule has 0 N–H and O–H groups in total. The number of hydrogen-bond acceptors (Lipinski definition) is 0. The van der Waals surface area contributed by atoms with Crippen LogP contribution in [0.4, 0.5) is 0 Å². The molecule has 0 nitrogen and oxygen atoms in total. The van der Waals surface area contributed by atoms with Crippen LogP contribution in [0.1, 0.15) is 92.9 Å². The van der Waals surface area contributed by atoms with Crippen LogP contribution in [-0.4, -0.2) is 0 Å². The molecule has 0 amide bonds. The van der Waals surface area contributed by atoms with Crippen molar-refractivity contribution in [3.8, 4) is 0 Å². The molecule has 0 aliphatic heterocycles. The molecule has 0 aromatic heterocycles. The summed E-state index contributed by atoms with van der Waals surface area (Å²) in [5.74, 6) is 0.702. The third-order valence-corrected chi connectivity index (χ3v) is 4.93. The van der Waals surface area contributed by atoms with Crippen molar-refractivity contribution >= 4 is 0 Å². The zero-order valence-corrected chi connectivity index (χ0v) is 16.2. The lowest BCUT2D eigenvalue weighted by molar-refractivity contribution is 0.372. The van der Waals surface area contributed by atoms with E-state index in [-0.39, 0.29) is 0 Å². The van der Waals surface area contributed by atoms with E-state index in [0.717, 1.165) is 6.42 Å². The molecule has 0 aromatic rings. The first-order valence-electron chi connectivity index (χ1n) is 9.34. The summed E-state index contributed by atoms with van der Waals surface area (Å²) >= 11 is 0. The van der Waals surface area contributed by atoms with E-state index in [4.69, 9.17) is 0 Å². The zero-order chi connectivity index (χ0) is 17.0. The molecule has 2 unspecified atom stereocenters. The van der Waals surface area contributed by atoms with Gasteiger partial charge in [-0.05, 0) is 63.7 Å². The van der Waals surface area contributed by atoms with Crippen LogP contribution < -0.4 is 0 Å². The van der Waals surface area contributed by atoms with E-state index in [1.165, 1.54) is 44.9 Å². The molecular formula is C22H40. The van der Waals surface area contributed by atoms with Crippen LogP contribution in [0.5, 0.6) is 0 Å². The molecule has 0 aromatic carbocycles. The lowest BCUT2D eigenvalue weighted by atomic mass is 9.78. The Hall–Kier alpha value is -0.780. The van der Waals surface area contributed by atoms with Crippen molar-refractivity contribution in [3.05, 3.63) is 36.0 Å². The Labute approximate surface area is 140 Å². The Balaban J connectivity index is 4.95. The molecular weight excluding hydrogens is 264 g/mol. The quantitative estimate of drug-likeness (QED) is 0.254. The zero-order valence-electron chi connectivity index (χ0n) is 16.2. The van der Waals surface area contributed by atoms with Crippen molar-refractivity contribution < 1.29 is 0 Å². The molecule has 0 heteroatoms. The minimum Gasteiger partial charge on any atom is -0.103 e. The predicted octanol–water partition coefficient (Wildman–Crippen LogP) is 7.87. The smallest absolute Gasteiger partial charge is 0.0109 e. The van der Waals surface area contributed by atoms with Crippen LogP contribution in [0, 0.1) is 11.3 Å². The van der Waals surface area contributed by atoms with Gasteiger partial charge in [0.05, 0.1) is 0 Å². The number of allylic oxidation sites excluding steroid dienone is 5. The van der Waals surface area contributed by atoms with E-state index in [0.29, 0.717) is 11.3 Å². The molecule has 0 saturated heterocycles. The standard InChI is InChI=1S/C22H40/c1-8-11-12-13-16-22(7,17-15-19(4)14-9-2)18-21(6)20(5)10-3/h8,15,18,20H,1,9-14,16-17H2,2-7H3/b19-15+,21-18+. The number of hydrogen-bond donors (Lipinski definition) is 0. The molecule has 0 heterocycles. The summed E-state index contributed by atoms with van der Waals surface area (Å²) in [4.78, 5) is 0. The van der Waals surface area contributed by atoms with Crippen LogP contribution >= 0.6 is 0 Å². The van der Waals surface area contributed by atoms with E-state index in [9.17, 15) is 0 Å². The van der Waals surface area contributed by atoms with Crippen molar-refractivity contribution in [1.29, 1.82) is 0 Å². The highest BCUT2D eigenvalue weighted by Gasteiger charge is 2.21. The summed E-state index contributed by atoms with van der Waals surface area (Å²) in [6.45, 7) is 17.8. The normalized spacial score (nSPS) is 17.2. The molecule has 128 valence electrons. The molecule has 0 radical (unpaired) electrons. The van der Waals surface area contributed by atoms with Crippen molar-refractivity contribution in [2.45, 2.75) is 92.9 Å². The molecule has 0 aliphatic carbocycles. The highest BCUT2D eigenvalue weighted by atomic mass is 14.3. The lowest BCUT2D eigenvalue weighted by Gasteiger charge is -2.27. The van der Waals surface area contributed by atoms with Gasteiger partial charge < -0.3 is 0 Å².